The lowest BCUT2D eigenvalue weighted by molar-refractivity contribution is -0.214. The van der Waals surface area contributed by atoms with Crippen molar-refractivity contribution >= 4 is 136 Å². The summed E-state index contributed by atoms with van der Waals surface area (Å²) < 4.78 is 61.0. The zero-order valence-corrected chi connectivity index (χ0v) is 63.2. The van der Waals surface area contributed by atoms with E-state index in [1.54, 1.807) is 54.2 Å². The van der Waals surface area contributed by atoms with Crippen molar-refractivity contribution in [2.45, 2.75) is 140 Å². The number of anilines is 2. The van der Waals surface area contributed by atoms with Crippen molar-refractivity contribution in [3.8, 4) is 17.2 Å². The molecule has 0 saturated carbocycles. The van der Waals surface area contributed by atoms with Crippen LogP contribution in [0, 0.1) is 0 Å². The SMILES string of the molecule is C.CC1(C)O[C@H]2[C@H](n3ccc4c(Cl)ncnc43)O[C@H](CO)[C@@]2(C)O1.CC1(C)O[C@H]2[C@H](n3ccc4c(Cl)ncnc43)O[C@H](COc3ccc4ccc(Cl)nc4c3)[C@@]2(C)O1.CNc1ncnc2c1ccn2[C@@H]1O[C@H](COc2ccc3ccc(NOC)nc3c2)[C@@](C)(O)[C@H]1O.CON.Cl.Oc1ccc2ccc(Cl)nc2c1. The number of nitrogens with two attached hydrogens (primary N) is 1. The molecule has 0 radical (unpaired) electrons. The zero-order chi connectivity index (χ0) is 75.2. The third-order valence-electron chi connectivity index (χ3n) is 18.7. The Morgan fingerprint density at radius 3 is 1.49 bits per heavy atom. The maximum Gasteiger partial charge on any atom is 0.165 e. The topological polar surface area (TPSA) is 363 Å². The number of hydrogen-bond donors (Lipinski definition) is 7. The molecule has 0 amide bonds. The first-order valence-corrected chi connectivity index (χ1v) is 34.9. The summed E-state index contributed by atoms with van der Waals surface area (Å²) in [5, 5.41) is 50.7. The molecule has 0 unspecified atom stereocenters. The highest BCUT2D eigenvalue weighted by Crippen LogP contribution is 2.53. The van der Waals surface area contributed by atoms with Gasteiger partial charge in [-0.05, 0) is 139 Å². The van der Waals surface area contributed by atoms with Crippen molar-refractivity contribution in [1.82, 2.24) is 58.6 Å². The Hall–Kier alpha value is -8.32. The Morgan fingerprint density at radius 1 is 0.546 bits per heavy atom. The number of aromatic hydroxyl groups is 1. The van der Waals surface area contributed by atoms with Crippen LogP contribution in [0.1, 0.15) is 74.6 Å². The van der Waals surface area contributed by atoms with Crippen molar-refractivity contribution < 1.29 is 72.7 Å². The number of rotatable bonds is 13. The minimum absolute atomic E-state index is 0. The van der Waals surface area contributed by atoms with Gasteiger partial charge in [-0.25, -0.2) is 56.2 Å². The zero-order valence-electron chi connectivity index (χ0n) is 59.3. The van der Waals surface area contributed by atoms with Crippen LogP contribution in [0.15, 0.2) is 147 Å². The Bertz CT molecular complexity index is 5130. The van der Waals surface area contributed by atoms with Gasteiger partial charge in [-0.3, -0.25) is 4.84 Å². The van der Waals surface area contributed by atoms with Crippen LogP contribution in [0.25, 0.3) is 65.8 Å². The van der Waals surface area contributed by atoms with Crippen molar-refractivity contribution in [3.63, 3.8) is 0 Å². The van der Waals surface area contributed by atoms with Crippen LogP contribution >= 0.6 is 58.8 Å². The maximum absolute atomic E-state index is 11.1. The molecule has 3 aromatic carbocycles. The molecule has 5 saturated heterocycles. The molecule has 30 nitrogen and oxygen atoms in total. The summed E-state index contributed by atoms with van der Waals surface area (Å²) in [6, 6.07) is 32.8. The van der Waals surface area contributed by atoms with E-state index in [2.05, 4.69) is 66.4 Å². The highest BCUT2D eigenvalue weighted by atomic mass is 35.5. The van der Waals surface area contributed by atoms with Gasteiger partial charge in [-0.15, -0.1) is 12.4 Å². The Balaban J connectivity index is 0.000000148. The molecule has 5 aliphatic heterocycles. The quantitative estimate of drug-likeness (QED) is 0.0320. The van der Waals surface area contributed by atoms with Gasteiger partial charge in [0.2, 0.25) is 0 Å². The summed E-state index contributed by atoms with van der Waals surface area (Å²) in [4.78, 5) is 46.8. The first kappa shape index (κ1) is 80.7. The molecule has 0 spiro atoms. The van der Waals surface area contributed by atoms with Crippen LogP contribution in [0.4, 0.5) is 11.6 Å². The number of aliphatic hydroxyl groups is 3. The van der Waals surface area contributed by atoms with Crippen molar-refractivity contribution in [1.29, 1.82) is 0 Å². The third kappa shape index (κ3) is 16.2. The second-order valence-electron chi connectivity index (χ2n) is 26.7. The number of hydrogen-bond acceptors (Lipinski definition) is 27. The number of fused-ring (bicyclic) bond motifs is 8. The maximum atomic E-state index is 11.1. The van der Waals surface area contributed by atoms with E-state index in [1.165, 1.54) is 40.1 Å². The van der Waals surface area contributed by atoms with Crippen LogP contribution in [0.5, 0.6) is 17.2 Å². The molecule has 9 aromatic heterocycles. The standard InChI is InChI=1S/C24H22Cl2N4O4.C23H26N6O5.C15H18ClN3O4.C9H6ClNO.CH5NO.CH4.ClH/c1-23(2)33-19-22(30-9-8-15-20(26)27-12-28-21(15)30)32-17(24(19,3)34-23)11-31-14-6-4-13-5-7-18(25)29-16(13)10-14;1-23(31)17(11-33-14-6-4-13-5-7-18(28-32-3)27-16(13)10-14)34-22(19(23)30)29-9-8-15-20(24-2)25-12-26-21(15)29;1-14(2)22-10-13(21-9(6-20)15(10,3)23-14)19-5-4-8-11(16)17-7-18-12(8)19;10-9-4-2-6-1-3-7(12)5-8(6)11-9;1-3-2;;/h4-10,12,17,19,22H,11H2,1-3H3;4-10,12,17,19,22,30-31H,11H2,1-3H3,(H,27,28)(H,24,25,26);4-5,7,9-10,13,20H,6H2,1-3H3;1-5,12H;2H2,1H3;1H4;1H/t17-,19+,22-,24-;17-,19+,22-,23-;9-,10+,13-,15-;;;;/m111..../s1. The van der Waals surface area contributed by atoms with Gasteiger partial charge in [0.25, 0.3) is 0 Å². The fraction of sp³-hybridized carbons (Fsp3) is 0.384. The number of phenols is 1. The van der Waals surface area contributed by atoms with E-state index in [0.717, 1.165) is 43.4 Å². The number of halogens is 5. The van der Waals surface area contributed by atoms with Gasteiger partial charge >= 0.3 is 0 Å². The van der Waals surface area contributed by atoms with Crippen LogP contribution in [-0.2, 0) is 42.8 Å². The third-order valence-corrected chi connectivity index (χ3v) is 19.7. The molecule has 5 aliphatic rings. The van der Waals surface area contributed by atoms with Gasteiger partial charge in [-0.1, -0.05) is 53.8 Å². The normalized spacial score (nSPS) is 25.5. The van der Waals surface area contributed by atoms with Crippen LogP contribution < -0.4 is 26.2 Å². The number of phenolic OH excluding ortho intramolecular Hbond substituents is 1. The summed E-state index contributed by atoms with van der Waals surface area (Å²) in [6.45, 7) is 13.1. The smallest absolute Gasteiger partial charge is 0.165 e. The lowest BCUT2D eigenvalue weighted by Crippen LogP contribution is -2.47. The van der Waals surface area contributed by atoms with Gasteiger partial charge in [0.15, 0.2) is 30.3 Å². The summed E-state index contributed by atoms with van der Waals surface area (Å²) in [5.74, 6) is 5.49. The lowest BCUT2D eigenvalue weighted by atomic mass is 9.95. The summed E-state index contributed by atoms with van der Waals surface area (Å²) in [5.41, 5.74) is 3.76. The fourth-order valence-electron chi connectivity index (χ4n) is 13.7. The predicted octanol–water partition coefficient (Wildman–Crippen LogP) is 12.3. The summed E-state index contributed by atoms with van der Waals surface area (Å²) in [6.07, 6.45) is 4.29. The molecule has 108 heavy (non-hydrogen) atoms. The molecular weight excluding hydrogens is 1500 g/mol. The molecule has 12 aromatic rings. The van der Waals surface area contributed by atoms with Crippen LogP contribution in [-0.4, -0.2) is 185 Å². The minimum Gasteiger partial charge on any atom is -0.508 e. The van der Waals surface area contributed by atoms with Crippen molar-refractivity contribution in [2.24, 2.45) is 5.90 Å². The molecule has 17 rings (SSSR count). The van der Waals surface area contributed by atoms with Gasteiger partial charge in [0.05, 0.1) is 53.5 Å². The first-order valence-electron chi connectivity index (χ1n) is 33.4. The van der Waals surface area contributed by atoms with E-state index in [-0.39, 0.29) is 51.5 Å². The van der Waals surface area contributed by atoms with Crippen molar-refractivity contribution in [3.05, 3.63) is 167 Å². The Kier molecular flexibility index (Phi) is 24.4. The molecule has 574 valence electrons. The average Bonchev–Trinajstić information content (AvgIpc) is 1.57. The highest BCUT2D eigenvalue weighted by molar-refractivity contribution is 6.34. The summed E-state index contributed by atoms with van der Waals surface area (Å²) >= 11 is 24.1. The van der Waals surface area contributed by atoms with Crippen LogP contribution in [0.2, 0.25) is 20.6 Å². The number of benzene rings is 3. The van der Waals surface area contributed by atoms with E-state index < -0.39 is 77.6 Å². The molecule has 35 heteroatoms. The van der Waals surface area contributed by atoms with Crippen LogP contribution in [0.3, 0.4) is 0 Å². The van der Waals surface area contributed by atoms with Gasteiger partial charge in [-0.2, -0.15) is 0 Å². The monoisotopic (exact) mass is 1580 g/mol. The number of pyridine rings is 3. The molecule has 0 bridgehead atoms. The fourth-order valence-corrected chi connectivity index (χ4v) is 14.4. The lowest BCUT2D eigenvalue weighted by Gasteiger charge is -2.29. The van der Waals surface area contributed by atoms with E-state index in [1.807, 2.05) is 136 Å². The second-order valence-corrected chi connectivity index (χ2v) is 28.2. The predicted molar refractivity (Wildman–Crippen MR) is 408 cm³/mol. The van der Waals surface area contributed by atoms with Gasteiger partial charge < -0.3 is 86.9 Å². The number of nitrogens with one attached hydrogen (secondary N) is 2. The van der Waals surface area contributed by atoms with E-state index in [0.29, 0.717) is 66.2 Å². The highest BCUT2D eigenvalue weighted by Gasteiger charge is 2.66. The molecule has 14 heterocycles. The van der Waals surface area contributed by atoms with E-state index in [9.17, 15) is 15.3 Å². The summed E-state index contributed by atoms with van der Waals surface area (Å²) in [7, 11) is 4.69. The number of aromatic nitrogens is 12. The first-order chi connectivity index (χ1) is 50.7. The Morgan fingerprint density at radius 2 is 0.972 bits per heavy atom. The van der Waals surface area contributed by atoms with E-state index >= 15 is 0 Å². The second kappa shape index (κ2) is 32.7. The minimum atomic E-state index is -1.55. The van der Waals surface area contributed by atoms with Gasteiger partial charge in [0, 0.05) is 60.0 Å². The number of aliphatic hydroxyl groups excluding tert-OH is 2. The molecule has 12 atom stereocenters. The average molecular weight is 1590 g/mol. The molecule has 5 fully saturated rings. The number of ether oxygens (including phenoxy) is 9. The molecule has 8 N–H and O–H groups in total. The van der Waals surface area contributed by atoms with E-state index in [4.69, 9.17) is 99.0 Å². The number of nitrogens with zero attached hydrogens (tertiary/aromatic N) is 12. The largest absolute Gasteiger partial charge is 0.508 e. The van der Waals surface area contributed by atoms with Gasteiger partial charge in [0.1, 0.15) is 152 Å². The van der Waals surface area contributed by atoms with Crippen molar-refractivity contribution in [2.75, 3.05) is 51.9 Å². The Labute approximate surface area is 645 Å². The molecular formula is C73H82Cl5N15O15. The molecule has 0 aliphatic carbocycles.